The van der Waals surface area contributed by atoms with Gasteiger partial charge in [-0.05, 0) is 36.8 Å². The van der Waals surface area contributed by atoms with Crippen LogP contribution < -0.4 is 5.32 Å². The van der Waals surface area contributed by atoms with Gasteiger partial charge in [-0.3, -0.25) is 14.9 Å². The Morgan fingerprint density at radius 1 is 1.19 bits per heavy atom. The highest BCUT2D eigenvalue weighted by atomic mass is 19.1. The van der Waals surface area contributed by atoms with E-state index in [4.69, 9.17) is 0 Å². The van der Waals surface area contributed by atoms with Gasteiger partial charge in [-0.25, -0.2) is 4.39 Å². The van der Waals surface area contributed by atoms with Crippen molar-refractivity contribution in [1.82, 2.24) is 0 Å². The quantitative estimate of drug-likeness (QED) is 0.695. The lowest BCUT2D eigenvalue weighted by molar-refractivity contribution is -0.387. The molecule has 1 amide bonds. The molecule has 21 heavy (non-hydrogen) atoms. The summed E-state index contributed by atoms with van der Waals surface area (Å²) in [7, 11) is 0. The maximum absolute atomic E-state index is 13.4. The Labute approximate surface area is 118 Å². The highest BCUT2D eigenvalue weighted by molar-refractivity contribution is 6.05. The van der Waals surface area contributed by atoms with Crippen molar-refractivity contribution in [3.8, 4) is 0 Å². The molecule has 0 aliphatic rings. The van der Waals surface area contributed by atoms with Crippen LogP contribution in [0.2, 0.25) is 0 Å². The molecule has 0 aliphatic carbocycles. The average Bonchev–Trinajstić information content (AvgIpc) is 2.37. The third-order valence-corrected chi connectivity index (χ3v) is 2.84. The zero-order chi connectivity index (χ0) is 15.6. The number of rotatable bonds is 3. The lowest BCUT2D eigenvalue weighted by Gasteiger charge is -2.08. The summed E-state index contributed by atoms with van der Waals surface area (Å²) in [5.41, 5.74) is 0.0582. The zero-order valence-corrected chi connectivity index (χ0v) is 10.9. The summed E-state index contributed by atoms with van der Waals surface area (Å²) in [6.07, 6.45) is 0. The van der Waals surface area contributed by atoms with E-state index in [1.165, 1.54) is 18.2 Å². The van der Waals surface area contributed by atoms with Gasteiger partial charge in [-0.1, -0.05) is 0 Å². The Morgan fingerprint density at radius 2 is 1.90 bits per heavy atom. The number of anilines is 1. The fourth-order valence-corrected chi connectivity index (χ4v) is 1.81. The minimum Gasteiger partial charge on any atom is -0.322 e. The van der Waals surface area contributed by atoms with Crippen LogP contribution in [0.3, 0.4) is 0 Å². The fourth-order valence-electron chi connectivity index (χ4n) is 1.81. The molecule has 0 unspecified atom stereocenters. The first-order chi connectivity index (χ1) is 9.88. The van der Waals surface area contributed by atoms with Gasteiger partial charge in [0.05, 0.1) is 4.92 Å². The van der Waals surface area contributed by atoms with Crippen LogP contribution in [0, 0.1) is 28.7 Å². The summed E-state index contributed by atoms with van der Waals surface area (Å²) in [4.78, 5) is 21.6. The minimum absolute atomic E-state index is 0.0758. The van der Waals surface area contributed by atoms with Gasteiger partial charge in [-0.15, -0.1) is 0 Å². The van der Waals surface area contributed by atoms with Crippen molar-refractivity contribution >= 4 is 17.3 Å². The second kappa shape index (κ2) is 5.66. The molecule has 5 nitrogen and oxygen atoms in total. The summed E-state index contributed by atoms with van der Waals surface area (Å²) < 4.78 is 26.4. The second-order valence-corrected chi connectivity index (χ2v) is 4.34. The molecule has 0 radical (unpaired) electrons. The Hall–Kier alpha value is -2.83. The maximum atomic E-state index is 13.4. The van der Waals surface area contributed by atoms with Gasteiger partial charge >= 0.3 is 5.69 Å². The average molecular weight is 292 g/mol. The molecule has 0 aliphatic heterocycles. The van der Waals surface area contributed by atoms with Crippen LogP contribution in [0.5, 0.6) is 0 Å². The molecule has 0 atom stereocenters. The van der Waals surface area contributed by atoms with E-state index in [-0.39, 0.29) is 11.3 Å². The van der Waals surface area contributed by atoms with E-state index in [1.54, 1.807) is 6.92 Å². The molecule has 0 bridgehead atoms. The third kappa shape index (κ3) is 3.19. The standard InChI is InChI=1S/C14H10F2N2O3/c1-8-6-9(15)2-4-11(8)14(19)17-10-3-5-13(18(20)21)12(16)7-10/h2-7H,1H3,(H,17,19). The van der Waals surface area contributed by atoms with Crippen LogP contribution in [0.1, 0.15) is 15.9 Å². The number of halogens is 2. The van der Waals surface area contributed by atoms with Crippen molar-refractivity contribution < 1.29 is 18.5 Å². The predicted octanol–water partition coefficient (Wildman–Crippen LogP) is 3.43. The summed E-state index contributed by atoms with van der Waals surface area (Å²) in [6, 6.07) is 6.68. The zero-order valence-electron chi connectivity index (χ0n) is 10.9. The number of nitro benzene ring substituents is 1. The summed E-state index contributed by atoms with van der Waals surface area (Å²) in [5.74, 6) is -2.07. The number of nitro groups is 1. The van der Waals surface area contributed by atoms with Gasteiger partial charge in [0.25, 0.3) is 5.91 Å². The van der Waals surface area contributed by atoms with Crippen LogP contribution in [0.15, 0.2) is 36.4 Å². The lowest BCUT2D eigenvalue weighted by Crippen LogP contribution is -2.13. The van der Waals surface area contributed by atoms with Gasteiger partial charge < -0.3 is 5.32 Å². The first kappa shape index (κ1) is 14.6. The smallest absolute Gasteiger partial charge is 0.304 e. The Morgan fingerprint density at radius 3 is 2.48 bits per heavy atom. The van der Waals surface area contributed by atoms with Crippen molar-refractivity contribution in [3.63, 3.8) is 0 Å². The monoisotopic (exact) mass is 292 g/mol. The molecule has 0 aromatic heterocycles. The fraction of sp³-hybridized carbons (Fsp3) is 0.0714. The molecule has 0 fully saturated rings. The Bertz CT molecular complexity index is 732. The van der Waals surface area contributed by atoms with Crippen LogP contribution in [-0.2, 0) is 0 Å². The van der Waals surface area contributed by atoms with Crippen LogP contribution in [-0.4, -0.2) is 10.8 Å². The largest absolute Gasteiger partial charge is 0.322 e. The number of benzene rings is 2. The van der Waals surface area contributed by atoms with Crippen molar-refractivity contribution in [3.05, 3.63) is 69.3 Å². The molecule has 0 spiro atoms. The first-order valence-corrected chi connectivity index (χ1v) is 5.90. The highest BCUT2D eigenvalue weighted by Gasteiger charge is 2.16. The van der Waals surface area contributed by atoms with Crippen molar-refractivity contribution in [2.45, 2.75) is 6.92 Å². The van der Waals surface area contributed by atoms with E-state index in [1.807, 2.05) is 0 Å². The topological polar surface area (TPSA) is 72.2 Å². The molecule has 2 rings (SSSR count). The molecule has 0 saturated carbocycles. The third-order valence-electron chi connectivity index (χ3n) is 2.84. The van der Waals surface area contributed by atoms with E-state index in [0.717, 1.165) is 18.2 Å². The number of nitrogens with one attached hydrogen (secondary N) is 1. The molecule has 1 N–H and O–H groups in total. The lowest BCUT2D eigenvalue weighted by atomic mass is 10.1. The molecule has 7 heteroatoms. The van der Waals surface area contributed by atoms with Crippen molar-refractivity contribution in [2.24, 2.45) is 0 Å². The summed E-state index contributed by atoms with van der Waals surface area (Å²) in [6.45, 7) is 1.56. The maximum Gasteiger partial charge on any atom is 0.304 e. The van der Waals surface area contributed by atoms with Crippen LogP contribution in [0.25, 0.3) is 0 Å². The minimum atomic E-state index is -1.05. The van der Waals surface area contributed by atoms with Gasteiger partial charge in [0.2, 0.25) is 5.82 Å². The highest BCUT2D eigenvalue weighted by Crippen LogP contribution is 2.21. The number of hydrogen-bond donors (Lipinski definition) is 1. The second-order valence-electron chi connectivity index (χ2n) is 4.34. The van der Waals surface area contributed by atoms with Gasteiger partial charge in [0.1, 0.15) is 5.82 Å². The molecule has 2 aromatic carbocycles. The SMILES string of the molecule is Cc1cc(F)ccc1C(=O)Nc1ccc([N+](=O)[O-])c(F)c1. The first-order valence-electron chi connectivity index (χ1n) is 5.90. The molecule has 0 saturated heterocycles. The van der Waals surface area contributed by atoms with Gasteiger partial charge in [0.15, 0.2) is 0 Å². The number of hydrogen-bond acceptors (Lipinski definition) is 3. The van der Waals surface area contributed by atoms with Crippen molar-refractivity contribution in [2.75, 3.05) is 5.32 Å². The normalized spacial score (nSPS) is 10.2. The number of amides is 1. The molecule has 2 aromatic rings. The van der Waals surface area contributed by atoms with Crippen LogP contribution >= 0.6 is 0 Å². The number of carbonyl (C=O) groups is 1. The molecule has 108 valence electrons. The van der Waals surface area contributed by atoms with Crippen LogP contribution in [0.4, 0.5) is 20.2 Å². The van der Waals surface area contributed by atoms with Gasteiger partial charge in [-0.2, -0.15) is 4.39 Å². The molecular formula is C14H10F2N2O3. The van der Waals surface area contributed by atoms with E-state index in [0.29, 0.717) is 5.56 Å². The van der Waals surface area contributed by atoms with Crippen molar-refractivity contribution in [1.29, 1.82) is 0 Å². The Kier molecular flexibility index (Phi) is 3.93. The number of nitrogens with zero attached hydrogens (tertiary/aromatic N) is 1. The predicted molar refractivity (Wildman–Crippen MR) is 72.1 cm³/mol. The van der Waals surface area contributed by atoms with E-state index < -0.39 is 28.2 Å². The summed E-state index contributed by atoms with van der Waals surface area (Å²) >= 11 is 0. The van der Waals surface area contributed by atoms with E-state index >= 15 is 0 Å². The van der Waals surface area contributed by atoms with E-state index in [9.17, 15) is 23.7 Å². The number of aryl methyl sites for hydroxylation is 1. The molecular weight excluding hydrogens is 282 g/mol. The van der Waals surface area contributed by atoms with Gasteiger partial charge in [0, 0.05) is 23.4 Å². The number of carbonyl (C=O) groups excluding carboxylic acids is 1. The molecule has 0 heterocycles. The Balaban J connectivity index is 2.23. The summed E-state index contributed by atoms with van der Waals surface area (Å²) in [5, 5.41) is 12.9. The van der Waals surface area contributed by atoms with E-state index in [2.05, 4.69) is 5.32 Å².